The molecule has 0 saturated carbocycles. The number of aryl methyl sites for hydroxylation is 1. The summed E-state index contributed by atoms with van der Waals surface area (Å²) in [5.41, 5.74) is 2.43. The largest absolute Gasteiger partial charge is 0.358 e. The molecule has 5 N–H and O–H groups in total. The van der Waals surface area contributed by atoms with Crippen LogP contribution in [0.5, 0.6) is 0 Å². The van der Waals surface area contributed by atoms with Gasteiger partial charge < -0.3 is 10.6 Å². The molecule has 1 atom stereocenters. The Bertz CT molecular complexity index is 610. The van der Waals surface area contributed by atoms with Gasteiger partial charge in [-0.3, -0.25) is 10.2 Å². The number of thiophene rings is 1. The van der Waals surface area contributed by atoms with Crippen molar-refractivity contribution in [3.05, 3.63) is 10.9 Å². The van der Waals surface area contributed by atoms with Gasteiger partial charge in [-0.05, 0) is 19.9 Å². The number of nitrogen functional groups attached to an aromatic ring is 1. The predicted molar refractivity (Wildman–Crippen MR) is 77.1 cm³/mol. The van der Waals surface area contributed by atoms with E-state index < -0.39 is 6.04 Å². The van der Waals surface area contributed by atoms with Gasteiger partial charge in [0, 0.05) is 11.9 Å². The molecule has 8 heteroatoms. The summed E-state index contributed by atoms with van der Waals surface area (Å²) in [6.45, 7) is 3.76. The van der Waals surface area contributed by atoms with Crippen LogP contribution in [0.2, 0.25) is 0 Å². The third-order valence-corrected chi connectivity index (χ3v) is 3.58. The topological polar surface area (TPSA) is 105 Å². The van der Waals surface area contributed by atoms with Gasteiger partial charge in [-0.25, -0.2) is 10.8 Å². The summed E-state index contributed by atoms with van der Waals surface area (Å²) in [7, 11) is 1.59. The second-order valence-corrected chi connectivity index (χ2v) is 5.33. The second-order valence-electron chi connectivity index (χ2n) is 4.10. The van der Waals surface area contributed by atoms with Crippen molar-refractivity contribution in [3.8, 4) is 0 Å². The smallest absolute Gasteiger partial charge is 0.241 e. The van der Waals surface area contributed by atoms with Gasteiger partial charge in [0.25, 0.3) is 0 Å². The molecule has 1 unspecified atom stereocenters. The molecule has 19 heavy (non-hydrogen) atoms. The van der Waals surface area contributed by atoms with Crippen LogP contribution in [0.25, 0.3) is 10.2 Å². The van der Waals surface area contributed by atoms with E-state index >= 15 is 0 Å². The first-order valence-electron chi connectivity index (χ1n) is 5.78. The number of carbonyl (C=O) groups is 1. The first-order chi connectivity index (χ1) is 9.05. The summed E-state index contributed by atoms with van der Waals surface area (Å²) in [6, 6.07) is 1.59. The maximum absolute atomic E-state index is 11.6. The quantitative estimate of drug-likeness (QED) is 0.488. The molecule has 0 aromatic carbocycles. The first kappa shape index (κ1) is 13.5. The number of anilines is 2. The summed E-state index contributed by atoms with van der Waals surface area (Å²) in [6.07, 6.45) is 0. The molecule has 2 aromatic heterocycles. The van der Waals surface area contributed by atoms with E-state index in [1.165, 1.54) is 0 Å². The van der Waals surface area contributed by atoms with E-state index in [1.807, 2.05) is 13.0 Å². The molecule has 2 heterocycles. The SMILES string of the molecule is CNC(=O)C(C)Nc1nc(NN)nc2sc(C)cc12. The highest BCUT2D eigenvalue weighted by molar-refractivity contribution is 7.18. The fraction of sp³-hybridized carbons (Fsp3) is 0.364. The average Bonchev–Trinajstić information content (AvgIpc) is 2.77. The van der Waals surface area contributed by atoms with Crippen LogP contribution in [-0.4, -0.2) is 29.0 Å². The minimum absolute atomic E-state index is 0.110. The van der Waals surface area contributed by atoms with Crippen LogP contribution in [0, 0.1) is 6.92 Å². The minimum Gasteiger partial charge on any atom is -0.358 e. The fourth-order valence-corrected chi connectivity index (χ4v) is 2.58. The van der Waals surface area contributed by atoms with E-state index in [-0.39, 0.29) is 5.91 Å². The van der Waals surface area contributed by atoms with Gasteiger partial charge in [-0.15, -0.1) is 11.3 Å². The summed E-state index contributed by atoms with van der Waals surface area (Å²) < 4.78 is 0. The molecule has 2 aromatic rings. The first-order valence-corrected chi connectivity index (χ1v) is 6.59. The van der Waals surface area contributed by atoms with E-state index in [2.05, 4.69) is 26.0 Å². The molecule has 0 aliphatic rings. The van der Waals surface area contributed by atoms with E-state index in [4.69, 9.17) is 5.84 Å². The van der Waals surface area contributed by atoms with E-state index in [1.54, 1.807) is 25.3 Å². The van der Waals surface area contributed by atoms with Crippen molar-refractivity contribution in [2.24, 2.45) is 5.84 Å². The Kier molecular flexibility index (Phi) is 3.82. The van der Waals surface area contributed by atoms with Crippen LogP contribution in [-0.2, 0) is 4.79 Å². The van der Waals surface area contributed by atoms with Crippen molar-refractivity contribution in [3.63, 3.8) is 0 Å². The van der Waals surface area contributed by atoms with Gasteiger partial charge >= 0.3 is 0 Å². The lowest BCUT2D eigenvalue weighted by Crippen LogP contribution is -2.35. The maximum atomic E-state index is 11.6. The lowest BCUT2D eigenvalue weighted by Gasteiger charge is -2.14. The number of amides is 1. The molecule has 0 fully saturated rings. The summed E-state index contributed by atoms with van der Waals surface area (Å²) in [4.78, 5) is 22.0. The Labute approximate surface area is 114 Å². The Morgan fingerprint density at radius 1 is 1.47 bits per heavy atom. The lowest BCUT2D eigenvalue weighted by atomic mass is 10.3. The van der Waals surface area contributed by atoms with Crippen LogP contribution in [0.4, 0.5) is 11.8 Å². The third-order valence-electron chi connectivity index (χ3n) is 2.64. The van der Waals surface area contributed by atoms with Crippen LogP contribution < -0.4 is 21.9 Å². The Hall–Kier alpha value is -1.93. The zero-order valence-electron chi connectivity index (χ0n) is 10.9. The highest BCUT2D eigenvalue weighted by atomic mass is 32.1. The molecule has 2 rings (SSSR count). The van der Waals surface area contributed by atoms with Gasteiger partial charge in [0.15, 0.2) is 0 Å². The molecule has 1 amide bonds. The van der Waals surface area contributed by atoms with Gasteiger partial charge in [-0.1, -0.05) is 0 Å². The van der Waals surface area contributed by atoms with Gasteiger partial charge in [0.2, 0.25) is 11.9 Å². The maximum Gasteiger partial charge on any atom is 0.241 e. The molecule has 0 aliphatic carbocycles. The van der Waals surface area contributed by atoms with Gasteiger partial charge in [0.05, 0.1) is 5.39 Å². The number of aromatic nitrogens is 2. The number of hydrogen-bond acceptors (Lipinski definition) is 7. The fourth-order valence-electron chi connectivity index (χ4n) is 1.70. The molecule has 0 saturated heterocycles. The number of hydrogen-bond donors (Lipinski definition) is 4. The van der Waals surface area contributed by atoms with Gasteiger partial charge in [0.1, 0.15) is 16.7 Å². The molecule has 0 bridgehead atoms. The third kappa shape index (κ3) is 2.74. The number of nitrogens with zero attached hydrogens (tertiary/aromatic N) is 2. The van der Waals surface area contributed by atoms with Crippen molar-refractivity contribution in [2.75, 3.05) is 17.8 Å². The monoisotopic (exact) mass is 280 g/mol. The highest BCUT2D eigenvalue weighted by Gasteiger charge is 2.15. The molecule has 102 valence electrons. The minimum atomic E-state index is -0.395. The van der Waals surface area contributed by atoms with Crippen molar-refractivity contribution in [1.29, 1.82) is 0 Å². The number of carbonyl (C=O) groups excluding carboxylic acids is 1. The number of rotatable bonds is 4. The second kappa shape index (κ2) is 5.37. The molecule has 7 nitrogen and oxygen atoms in total. The van der Waals surface area contributed by atoms with Gasteiger partial charge in [-0.2, -0.15) is 4.98 Å². The number of fused-ring (bicyclic) bond motifs is 1. The van der Waals surface area contributed by atoms with Crippen molar-refractivity contribution in [1.82, 2.24) is 15.3 Å². The summed E-state index contributed by atoms with van der Waals surface area (Å²) in [5.74, 6) is 6.16. The number of likely N-dealkylation sites (N-methyl/N-ethyl adjacent to an activating group) is 1. The average molecular weight is 280 g/mol. The van der Waals surface area contributed by atoms with E-state index in [0.29, 0.717) is 11.8 Å². The van der Waals surface area contributed by atoms with Crippen LogP contribution in [0.15, 0.2) is 6.07 Å². The Balaban J connectivity index is 2.42. The predicted octanol–water partition coefficient (Wildman–Crippen LogP) is 0.832. The highest BCUT2D eigenvalue weighted by Crippen LogP contribution is 2.29. The lowest BCUT2D eigenvalue weighted by molar-refractivity contribution is -0.121. The molecule has 0 aliphatic heterocycles. The standard InChI is InChI=1S/C11H16N6OS/c1-5-4-7-8(14-6(2)9(18)13-3)15-11(17-12)16-10(7)19-5/h4,6H,12H2,1-3H3,(H,13,18)(H2,14,15,16,17). The van der Waals surface area contributed by atoms with Crippen molar-refractivity contribution >= 4 is 39.2 Å². The molecule has 0 spiro atoms. The normalized spacial score (nSPS) is 12.2. The van der Waals surface area contributed by atoms with E-state index in [9.17, 15) is 4.79 Å². The molecular weight excluding hydrogens is 264 g/mol. The number of hydrazine groups is 1. The zero-order chi connectivity index (χ0) is 14.0. The Morgan fingerprint density at radius 2 is 2.21 bits per heavy atom. The summed E-state index contributed by atoms with van der Waals surface area (Å²) >= 11 is 1.55. The van der Waals surface area contributed by atoms with Crippen LogP contribution >= 0.6 is 11.3 Å². The molecular formula is C11H16N6OS. The summed E-state index contributed by atoms with van der Waals surface area (Å²) in [5, 5.41) is 6.54. The van der Waals surface area contributed by atoms with Crippen molar-refractivity contribution in [2.45, 2.75) is 19.9 Å². The van der Waals surface area contributed by atoms with Crippen LogP contribution in [0.3, 0.4) is 0 Å². The molecule has 0 radical (unpaired) electrons. The zero-order valence-corrected chi connectivity index (χ0v) is 11.8. The van der Waals surface area contributed by atoms with Crippen LogP contribution in [0.1, 0.15) is 11.8 Å². The van der Waals surface area contributed by atoms with E-state index in [0.717, 1.165) is 15.1 Å². The number of nitrogens with two attached hydrogens (primary N) is 1. The number of nitrogens with one attached hydrogen (secondary N) is 3. The van der Waals surface area contributed by atoms with Crippen molar-refractivity contribution < 1.29 is 4.79 Å². The Morgan fingerprint density at radius 3 is 2.84 bits per heavy atom.